The van der Waals surface area contributed by atoms with Gasteiger partial charge in [-0.3, -0.25) is 9.59 Å². The number of carbonyl (C=O) groups excluding carboxylic acids is 2. The fraction of sp³-hybridized carbons (Fsp3) is 0.421. The van der Waals surface area contributed by atoms with E-state index < -0.39 is 11.8 Å². The molecular formula is C19H26N5O2S+. The van der Waals surface area contributed by atoms with Crippen LogP contribution in [-0.4, -0.2) is 48.8 Å². The van der Waals surface area contributed by atoms with Gasteiger partial charge in [-0.15, -0.1) is 0 Å². The number of aromatic nitrogens is 2. The van der Waals surface area contributed by atoms with Gasteiger partial charge >= 0.3 is 11.8 Å². The van der Waals surface area contributed by atoms with Crippen LogP contribution in [0.3, 0.4) is 0 Å². The summed E-state index contributed by atoms with van der Waals surface area (Å²) in [5.41, 5.74) is 3.94. The number of nitrogens with zero attached hydrogens (tertiary/aromatic N) is 2. The summed E-state index contributed by atoms with van der Waals surface area (Å²) in [6, 6.07) is 7.92. The van der Waals surface area contributed by atoms with E-state index in [4.69, 9.17) is 0 Å². The van der Waals surface area contributed by atoms with Crippen molar-refractivity contribution in [2.75, 3.05) is 32.5 Å². The quantitative estimate of drug-likeness (QED) is 0.498. The Labute approximate surface area is 163 Å². The SMILES string of the molecule is Cc1cccc(-n2nc3c(c2NC(=O)C(=O)NCCC[NH+](C)C)CSC3)c1. The molecule has 8 heteroatoms. The minimum atomic E-state index is -0.652. The Bertz CT molecular complexity index is 847. The summed E-state index contributed by atoms with van der Waals surface area (Å²) in [7, 11) is 4.11. The summed E-state index contributed by atoms with van der Waals surface area (Å²) in [4.78, 5) is 25.9. The van der Waals surface area contributed by atoms with Crippen LogP contribution < -0.4 is 15.5 Å². The summed E-state index contributed by atoms with van der Waals surface area (Å²) < 4.78 is 1.73. The van der Waals surface area contributed by atoms with Crippen molar-refractivity contribution in [1.29, 1.82) is 0 Å². The predicted octanol–water partition coefficient (Wildman–Crippen LogP) is 0.517. The van der Waals surface area contributed by atoms with Crippen LogP contribution in [-0.2, 0) is 21.1 Å². The zero-order valence-corrected chi connectivity index (χ0v) is 16.8. The van der Waals surface area contributed by atoms with Gasteiger partial charge in [0.25, 0.3) is 0 Å². The Morgan fingerprint density at radius 1 is 1.26 bits per heavy atom. The average molecular weight is 389 g/mol. The highest BCUT2D eigenvalue weighted by Crippen LogP contribution is 2.36. The molecule has 2 heterocycles. The number of carbonyl (C=O) groups is 2. The second-order valence-electron chi connectivity index (χ2n) is 7.04. The van der Waals surface area contributed by atoms with Crippen LogP contribution in [0.5, 0.6) is 0 Å². The molecule has 1 aliphatic rings. The number of anilines is 1. The molecule has 144 valence electrons. The van der Waals surface area contributed by atoms with Crippen molar-refractivity contribution in [1.82, 2.24) is 15.1 Å². The van der Waals surface area contributed by atoms with Crippen LogP contribution in [0.4, 0.5) is 5.82 Å². The van der Waals surface area contributed by atoms with Crippen molar-refractivity contribution in [3.63, 3.8) is 0 Å². The van der Waals surface area contributed by atoms with E-state index in [1.807, 2.05) is 31.2 Å². The number of amides is 2. The third kappa shape index (κ3) is 4.70. The van der Waals surface area contributed by atoms with Crippen molar-refractivity contribution in [3.05, 3.63) is 41.1 Å². The van der Waals surface area contributed by atoms with Gasteiger partial charge in [-0.05, 0) is 24.6 Å². The monoisotopic (exact) mass is 388 g/mol. The molecule has 0 saturated heterocycles. The number of benzene rings is 1. The first-order valence-corrected chi connectivity index (χ1v) is 10.2. The maximum absolute atomic E-state index is 12.4. The number of nitrogens with one attached hydrogen (secondary N) is 3. The van der Waals surface area contributed by atoms with Crippen molar-refractivity contribution in [3.8, 4) is 5.69 Å². The highest BCUT2D eigenvalue weighted by molar-refractivity contribution is 7.98. The van der Waals surface area contributed by atoms with Crippen molar-refractivity contribution in [2.45, 2.75) is 24.9 Å². The van der Waals surface area contributed by atoms with Crippen molar-refractivity contribution < 1.29 is 14.5 Å². The lowest BCUT2D eigenvalue weighted by atomic mass is 10.2. The van der Waals surface area contributed by atoms with E-state index in [-0.39, 0.29) is 0 Å². The average Bonchev–Trinajstić information content (AvgIpc) is 3.21. The minimum absolute atomic E-state index is 0.489. The molecule has 0 aliphatic carbocycles. The molecule has 2 aromatic rings. The normalized spacial score (nSPS) is 12.9. The second kappa shape index (κ2) is 8.58. The van der Waals surface area contributed by atoms with E-state index in [0.29, 0.717) is 12.4 Å². The van der Waals surface area contributed by atoms with E-state index in [0.717, 1.165) is 47.0 Å². The molecule has 0 bridgehead atoms. The van der Waals surface area contributed by atoms with Crippen LogP contribution in [0, 0.1) is 6.92 Å². The Kier molecular flexibility index (Phi) is 6.18. The Balaban J connectivity index is 1.74. The van der Waals surface area contributed by atoms with Gasteiger partial charge in [0.05, 0.1) is 32.0 Å². The topological polar surface area (TPSA) is 80.5 Å². The zero-order chi connectivity index (χ0) is 19.4. The second-order valence-corrected chi connectivity index (χ2v) is 8.02. The highest BCUT2D eigenvalue weighted by Gasteiger charge is 2.26. The van der Waals surface area contributed by atoms with E-state index in [9.17, 15) is 9.59 Å². The third-order valence-electron chi connectivity index (χ3n) is 4.38. The lowest BCUT2D eigenvalue weighted by molar-refractivity contribution is -0.858. The fourth-order valence-corrected chi connectivity index (χ4v) is 4.01. The molecule has 3 N–H and O–H groups in total. The number of aryl methyl sites for hydroxylation is 1. The minimum Gasteiger partial charge on any atom is -0.348 e. The molecule has 1 aliphatic heterocycles. The van der Waals surface area contributed by atoms with E-state index >= 15 is 0 Å². The molecule has 1 aromatic heterocycles. The predicted molar refractivity (Wildman–Crippen MR) is 107 cm³/mol. The Hall–Kier alpha value is -2.32. The lowest BCUT2D eigenvalue weighted by Crippen LogP contribution is -3.05. The first-order valence-electron chi connectivity index (χ1n) is 9.09. The van der Waals surface area contributed by atoms with Crippen LogP contribution >= 0.6 is 11.8 Å². The highest BCUT2D eigenvalue weighted by atomic mass is 32.2. The van der Waals surface area contributed by atoms with Gasteiger partial charge in [0.15, 0.2) is 0 Å². The molecule has 0 fully saturated rings. The van der Waals surface area contributed by atoms with Crippen LogP contribution in [0.25, 0.3) is 5.69 Å². The zero-order valence-electron chi connectivity index (χ0n) is 16.0. The Morgan fingerprint density at radius 2 is 2.07 bits per heavy atom. The van der Waals surface area contributed by atoms with Crippen molar-refractivity contribution in [2.24, 2.45) is 0 Å². The van der Waals surface area contributed by atoms with Crippen LogP contribution in [0.1, 0.15) is 23.2 Å². The molecule has 0 saturated carbocycles. The standard InChI is InChI=1S/C19H25N5O2S/c1-13-6-4-7-14(10-13)24-17(15-11-27-12-16(15)22-24)21-19(26)18(25)20-8-5-9-23(2)3/h4,6-7,10H,5,8-9,11-12H2,1-3H3,(H,20,25)(H,21,26)/p+1. The summed E-state index contributed by atoms with van der Waals surface area (Å²) >= 11 is 1.76. The third-order valence-corrected chi connectivity index (χ3v) is 5.35. The van der Waals surface area contributed by atoms with Gasteiger partial charge in [0, 0.05) is 30.0 Å². The smallest absolute Gasteiger partial charge is 0.314 e. The molecule has 0 atom stereocenters. The number of quaternary nitrogens is 1. The fourth-order valence-electron chi connectivity index (χ4n) is 2.98. The van der Waals surface area contributed by atoms with E-state index in [1.165, 1.54) is 4.90 Å². The maximum Gasteiger partial charge on any atom is 0.314 e. The number of rotatable bonds is 6. The van der Waals surface area contributed by atoms with Crippen LogP contribution in [0.15, 0.2) is 24.3 Å². The first kappa shape index (κ1) is 19.4. The first-order chi connectivity index (χ1) is 13.0. The summed E-state index contributed by atoms with van der Waals surface area (Å²) in [5, 5.41) is 10.1. The van der Waals surface area contributed by atoms with E-state index in [2.05, 4.69) is 29.8 Å². The number of hydrogen-bond acceptors (Lipinski definition) is 4. The van der Waals surface area contributed by atoms with E-state index in [1.54, 1.807) is 16.4 Å². The molecule has 3 rings (SSSR count). The molecule has 0 spiro atoms. The summed E-state index contributed by atoms with van der Waals surface area (Å²) in [6.07, 6.45) is 0.828. The number of fused-ring (bicyclic) bond motifs is 1. The number of thioether (sulfide) groups is 1. The van der Waals surface area contributed by atoms with Gasteiger partial charge in [0.1, 0.15) is 5.82 Å². The molecule has 27 heavy (non-hydrogen) atoms. The van der Waals surface area contributed by atoms with Crippen LogP contribution in [0.2, 0.25) is 0 Å². The summed E-state index contributed by atoms with van der Waals surface area (Å²) in [6.45, 7) is 3.44. The molecular weight excluding hydrogens is 362 g/mol. The van der Waals surface area contributed by atoms with Gasteiger partial charge < -0.3 is 15.5 Å². The summed E-state index contributed by atoms with van der Waals surface area (Å²) in [5.74, 6) is 0.930. The Morgan fingerprint density at radius 3 is 2.81 bits per heavy atom. The van der Waals surface area contributed by atoms with Gasteiger partial charge in [-0.2, -0.15) is 16.9 Å². The van der Waals surface area contributed by atoms with Crippen molar-refractivity contribution >= 4 is 29.4 Å². The largest absolute Gasteiger partial charge is 0.348 e. The molecule has 0 unspecified atom stereocenters. The van der Waals surface area contributed by atoms with Gasteiger partial charge in [0.2, 0.25) is 0 Å². The number of hydrogen-bond donors (Lipinski definition) is 3. The molecule has 7 nitrogen and oxygen atoms in total. The maximum atomic E-state index is 12.4. The lowest BCUT2D eigenvalue weighted by Gasteiger charge is -2.12. The molecule has 2 amide bonds. The van der Waals surface area contributed by atoms with Gasteiger partial charge in [-0.25, -0.2) is 4.68 Å². The molecule has 1 aromatic carbocycles. The molecule has 0 radical (unpaired) electrons. The van der Waals surface area contributed by atoms with Gasteiger partial charge in [-0.1, -0.05) is 12.1 Å².